The van der Waals surface area contributed by atoms with Crippen molar-refractivity contribution in [2.45, 2.75) is 31.7 Å². The predicted molar refractivity (Wildman–Crippen MR) is 61.9 cm³/mol. The summed E-state index contributed by atoms with van der Waals surface area (Å²) in [6, 6.07) is 1.07. The topological polar surface area (TPSA) is 46.2 Å². The lowest BCUT2D eigenvalue weighted by Gasteiger charge is -2.19. The Balaban J connectivity index is 0.00000289. The number of hydrogen-bond acceptors (Lipinski definition) is 2. The molecule has 0 aromatic heterocycles. The van der Waals surface area contributed by atoms with Crippen molar-refractivity contribution in [3.05, 3.63) is 35.1 Å². The largest absolute Gasteiger partial charge is 0.416 e. The molecule has 0 fully saturated rings. The summed E-state index contributed by atoms with van der Waals surface area (Å²) in [5.74, 6) is -1.06. The Morgan fingerprint density at radius 1 is 1.33 bits per heavy atom. The second kappa shape index (κ2) is 6.36. The maximum Gasteiger partial charge on any atom is 0.416 e. The molecule has 0 saturated carbocycles. The molecule has 7 heteroatoms. The van der Waals surface area contributed by atoms with Crippen molar-refractivity contribution in [2.75, 3.05) is 0 Å². The maximum absolute atomic E-state index is 13.4. The molecule has 0 unspecified atom stereocenters. The average Bonchev–Trinajstić information content (AvgIpc) is 2.25. The number of nitrogens with two attached hydrogens (primary N) is 1. The quantitative estimate of drug-likeness (QED) is 0.840. The third-order valence-electron chi connectivity index (χ3n) is 2.52. The maximum atomic E-state index is 13.4. The molecule has 0 saturated heterocycles. The van der Waals surface area contributed by atoms with Crippen LogP contribution < -0.4 is 5.73 Å². The number of aliphatic hydroxyl groups excluding tert-OH is 1. The molecule has 18 heavy (non-hydrogen) atoms. The first-order valence-electron chi connectivity index (χ1n) is 5.07. The van der Waals surface area contributed by atoms with E-state index in [9.17, 15) is 22.7 Å². The first-order chi connectivity index (χ1) is 7.77. The second-order valence-electron chi connectivity index (χ2n) is 3.74. The van der Waals surface area contributed by atoms with Crippen LogP contribution in [-0.4, -0.2) is 11.2 Å². The average molecular weight is 288 g/mol. The van der Waals surface area contributed by atoms with E-state index >= 15 is 0 Å². The van der Waals surface area contributed by atoms with Crippen LogP contribution in [0.3, 0.4) is 0 Å². The normalized spacial score (nSPS) is 14.8. The molecule has 0 bridgehead atoms. The Morgan fingerprint density at radius 3 is 2.28 bits per heavy atom. The van der Waals surface area contributed by atoms with Gasteiger partial charge >= 0.3 is 6.18 Å². The number of halogens is 5. The lowest BCUT2D eigenvalue weighted by atomic mass is 9.98. The van der Waals surface area contributed by atoms with Crippen LogP contribution in [0, 0.1) is 5.82 Å². The van der Waals surface area contributed by atoms with Gasteiger partial charge in [-0.25, -0.2) is 4.39 Å². The fraction of sp³-hybridized carbons (Fsp3) is 0.455. The first kappa shape index (κ1) is 17.2. The molecule has 1 rings (SSSR count). The van der Waals surface area contributed by atoms with Gasteiger partial charge in [0.25, 0.3) is 0 Å². The molecule has 2 atom stereocenters. The summed E-state index contributed by atoms with van der Waals surface area (Å²) in [4.78, 5) is 0. The predicted octanol–water partition coefficient (Wildman–Crippen LogP) is 3.04. The van der Waals surface area contributed by atoms with Gasteiger partial charge in [-0.3, -0.25) is 0 Å². The molecule has 2 nitrogen and oxygen atoms in total. The smallest absolute Gasteiger partial charge is 0.391 e. The zero-order valence-corrected chi connectivity index (χ0v) is 10.4. The molecular weight excluding hydrogens is 274 g/mol. The van der Waals surface area contributed by atoms with Gasteiger partial charge in [-0.2, -0.15) is 13.2 Å². The SMILES string of the molecule is CC[C@H](O)[C@H](N)c1ccc(C(F)(F)F)cc1F.Cl. The van der Waals surface area contributed by atoms with Gasteiger partial charge < -0.3 is 10.8 Å². The number of hydrogen-bond donors (Lipinski definition) is 2. The summed E-state index contributed by atoms with van der Waals surface area (Å²) in [6.45, 7) is 1.65. The number of aliphatic hydroxyl groups is 1. The van der Waals surface area contributed by atoms with Crippen molar-refractivity contribution < 1.29 is 22.7 Å². The summed E-state index contributed by atoms with van der Waals surface area (Å²) < 4.78 is 50.3. The number of rotatable bonds is 3. The van der Waals surface area contributed by atoms with Gasteiger partial charge in [-0.05, 0) is 18.6 Å². The summed E-state index contributed by atoms with van der Waals surface area (Å²) in [6.07, 6.45) is -5.28. The van der Waals surface area contributed by atoms with Crippen molar-refractivity contribution in [1.82, 2.24) is 0 Å². The Morgan fingerprint density at radius 2 is 1.89 bits per heavy atom. The van der Waals surface area contributed by atoms with Gasteiger partial charge in [-0.15, -0.1) is 12.4 Å². The van der Waals surface area contributed by atoms with Gasteiger partial charge in [0, 0.05) is 5.56 Å². The fourth-order valence-electron chi connectivity index (χ4n) is 1.43. The van der Waals surface area contributed by atoms with Crippen LogP contribution in [0.25, 0.3) is 0 Å². The highest BCUT2D eigenvalue weighted by Gasteiger charge is 2.32. The second-order valence-corrected chi connectivity index (χ2v) is 3.74. The van der Waals surface area contributed by atoms with Crippen LogP contribution in [0.1, 0.15) is 30.5 Å². The molecule has 0 amide bonds. The molecular formula is C11H14ClF4NO. The lowest BCUT2D eigenvalue weighted by molar-refractivity contribution is -0.137. The minimum Gasteiger partial charge on any atom is -0.391 e. The highest BCUT2D eigenvalue weighted by atomic mass is 35.5. The molecule has 0 aliphatic heterocycles. The van der Waals surface area contributed by atoms with Crippen LogP contribution in [-0.2, 0) is 6.18 Å². The minimum atomic E-state index is -4.59. The number of benzene rings is 1. The first-order valence-corrected chi connectivity index (χ1v) is 5.07. The van der Waals surface area contributed by atoms with Gasteiger partial charge in [0.15, 0.2) is 0 Å². The molecule has 104 valence electrons. The van der Waals surface area contributed by atoms with Gasteiger partial charge in [0.2, 0.25) is 0 Å². The molecule has 1 aromatic rings. The Labute approximate surface area is 108 Å². The van der Waals surface area contributed by atoms with E-state index < -0.39 is 29.7 Å². The van der Waals surface area contributed by atoms with Gasteiger partial charge in [0.05, 0.1) is 17.7 Å². The van der Waals surface area contributed by atoms with E-state index in [0.717, 1.165) is 12.1 Å². The van der Waals surface area contributed by atoms with E-state index in [1.807, 2.05) is 0 Å². The minimum absolute atomic E-state index is 0. The molecule has 0 heterocycles. The summed E-state index contributed by atoms with van der Waals surface area (Å²) in [7, 11) is 0. The van der Waals surface area contributed by atoms with Crippen LogP contribution in [0.15, 0.2) is 18.2 Å². The standard InChI is InChI=1S/C11H13F4NO.ClH/c1-2-9(17)10(16)7-4-3-6(5-8(7)12)11(13,14)15;/h3-5,9-10,17H,2,16H2,1H3;1H/t9-,10+;/m0./s1. The zero-order chi connectivity index (χ0) is 13.2. The van der Waals surface area contributed by atoms with Crippen molar-refractivity contribution in [1.29, 1.82) is 0 Å². The molecule has 0 radical (unpaired) electrons. The molecule has 0 spiro atoms. The van der Waals surface area contributed by atoms with Gasteiger partial charge in [0.1, 0.15) is 5.82 Å². The molecule has 3 N–H and O–H groups in total. The van der Waals surface area contributed by atoms with Crippen LogP contribution in [0.4, 0.5) is 17.6 Å². The third kappa shape index (κ3) is 3.83. The van der Waals surface area contributed by atoms with E-state index in [4.69, 9.17) is 5.73 Å². The third-order valence-corrected chi connectivity index (χ3v) is 2.52. The van der Waals surface area contributed by atoms with E-state index in [0.29, 0.717) is 12.5 Å². The Kier molecular flexibility index (Phi) is 6.06. The highest BCUT2D eigenvalue weighted by molar-refractivity contribution is 5.85. The van der Waals surface area contributed by atoms with Crippen molar-refractivity contribution in [3.8, 4) is 0 Å². The molecule has 1 aromatic carbocycles. The molecule has 0 aliphatic rings. The summed E-state index contributed by atoms with van der Waals surface area (Å²) in [5, 5.41) is 9.42. The highest BCUT2D eigenvalue weighted by Crippen LogP contribution is 2.31. The van der Waals surface area contributed by atoms with Gasteiger partial charge in [-0.1, -0.05) is 13.0 Å². The van der Waals surface area contributed by atoms with Crippen LogP contribution in [0.5, 0.6) is 0 Å². The Bertz CT molecular complexity index is 397. The van der Waals surface area contributed by atoms with Crippen molar-refractivity contribution >= 4 is 12.4 Å². The Hall–Kier alpha value is -0.850. The summed E-state index contributed by atoms with van der Waals surface area (Å²) in [5.41, 5.74) is 4.35. The van der Waals surface area contributed by atoms with Crippen LogP contribution in [0.2, 0.25) is 0 Å². The van der Waals surface area contributed by atoms with E-state index in [1.54, 1.807) is 6.92 Å². The molecule has 0 aliphatic carbocycles. The van der Waals surface area contributed by atoms with Crippen molar-refractivity contribution in [2.24, 2.45) is 5.73 Å². The zero-order valence-electron chi connectivity index (χ0n) is 9.54. The summed E-state index contributed by atoms with van der Waals surface area (Å²) >= 11 is 0. The van der Waals surface area contributed by atoms with Crippen LogP contribution >= 0.6 is 12.4 Å². The van der Waals surface area contributed by atoms with E-state index in [-0.39, 0.29) is 18.0 Å². The monoisotopic (exact) mass is 287 g/mol. The van der Waals surface area contributed by atoms with E-state index in [1.165, 1.54) is 0 Å². The van der Waals surface area contributed by atoms with Crippen molar-refractivity contribution in [3.63, 3.8) is 0 Å². The van der Waals surface area contributed by atoms with E-state index in [2.05, 4.69) is 0 Å². The lowest BCUT2D eigenvalue weighted by Crippen LogP contribution is -2.26. The number of alkyl halides is 3. The fourth-order valence-corrected chi connectivity index (χ4v) is 1.43.